The van der Waals surface area contributed by atoms with E-state index in [2.05, 4.69) is 68.3 Å². The molecule has 0 fully saturated rings. The van der Waals surface area contributed by atoms with E-state index in [-0.39, 0.29) is 0 Å². The quantitative estimate of drug-likeness (QED) is 0.727. The highest BCUT2D eigenvalue weighted by Gasteiger charge is 2.03. The van der Waals surface area contributed by atoms with Gasteiger partial charge in [0, 0.05) is 8.95 Å². The third kappa shape index (κ3) is 2.90. The number of rotatable bonds is 2. The fraction of sp³-hybridized carbons (Fsp3) is 0. The monoisotopic (exact) mass is 342 g/mol. The molecule has 2 aromatic carbocycles. The summed E-state index contributed by atoms with van der Waals surface area (Å²) in [7, 11) is 0.695. The van der Waals surface area contributed by atoms with Crippen molar-refractivity contribution in [2.45, 2.75) is 0 Å². The first kappa shape index (κ1) is 11.3. The Morgan fingerprint density at radius 1 is 0.800 bits per heavy atom. The van der Waals surface area contributed by atoms with Crippen LogP contribution in [-0.4, -0.2) is 0 Å². The second-order valence-electron chi connectivity index (χ2n) is 3.09. The molecule has 0 aliphatic heterocycles. The van der Waals surface area contributed by atoms with E-state index in [4.69, 9.17) is 0 Å². The minimum Gasteiger partial charge on any atom is -0.0622 e. The van der Waals surface area contributed by atoms with Gasteiger partial charge in [0.05, 0.1) is 0 Å². The van der Waals surface area contributed by atoms with Gasteiger partial charge >= 0.3 is 0 Å². The summed E-state index contributed by atoms with van der Waals surface area (Å²) < 4.78 is 2.27. The third-order valence-corrected chi connectivity index (χ3v) is 5.73. The second kappa shape index (κ2) is 5.25. The van der Waals surface area contributed by atoms with Crippen molar-refractivity contribution in [3.8, 4) is 0 Å². The van der Waals surface area contributed by atoms with Gasteiger partial charge in [0.25, 0.3) is 0 Å². The molecule has 1 atom stereocenters. The Balaban J connectivity index is 2.29. The molecule has 2 rings (SSSR count). The molecule has 0 N–H and O–H groups in total. The fourth-order valence-corrected chi connectivity index (χ4v) is 3.48. The van der Waals surface area contributed by atoms with Gasteiger partial charge in [0.2, 0.25) is 0 Å². The van der Waals surface area contributed by atoms with E-state index in [0.29, 0.717) is 8.58 Å². The zero-order valence-electron chi connectivity index (χ0n) is 7.87. The molecule has 0 aliphatic rings. The van der Waals surface area contributed by atoms with Crippen LogP contribution in [0.15, 0.2) is 57.5 Å². The Bertz CT molecular complexity index is 454. The SMILES string of the molecule is Brc1cccc(Pc2ccccc2)c1Br. The minimum atomic E-state index is 0.695. The summed E-state index contributed by atoms with van der Waals surface area (Å²) >= 11 is 7.11. The van der Waals surface area contributed by atoms with E-state index in [1.54, 1.807) is 0 Å². The molecule has 0 aromatic heterocycles. The van der Waals surface area contributed by atoms with E-state index < -0.39 is 0 Å². The van der Waals surface area contributed by atoms with Crippen molar-refractivity contribution < 1.29 is 0 Å². The Morgan fingerprint density at radius 3 is 2.27 bits per heavy atom. The summed E-state index contributed by atoms with van der Waals surface area (Å²) in [6, 6.07) is 16.8. The van der Waals surface area contributed by atoms with Gasteiger partial charge in [-0.05, 0) is 48.5 Å². The van der Waals surface area contributed by atoms with Crippen molar-refractivity contribution in [2.75, 3.05) is 0 Å². The van der Waals surface area contributed by atoms with Crippen LogP contribution in [0.5, 0.6) is 0 Å². The van der Waals surface area contributed by atoms with Gasteiger partial charge in [-0.25, -0.2) is 0 Å². The molecule has 0 saturated carbocycles. The number of benzene rings is 2. The standard InChI is InChI=1S/C12H9Br2P/c13-10-7-4-8-11(12(10)14)15-9-5-2-1-3-6-9/h1-8,15H. The lowest BCUT2D eigenvalue weighted by molar-refractivity contribution is 1.65. The second-order valence-corrected chi connectivity index (χ2v) is 6.11. The zero-order chi connectivity index (χ0) is 10.7. The Labute approximate surface area is 108 Å². The lowest BCUT2D eigenvalue weighted by atomic mass is 10.4. The van der Waals surface area contributed by atoms with Gasteiger partial charge in [-0.2, -0.15) is 0 Å². The highest BCUT2D eigenvalue weighted by molar-refractivity contribution is 9.13. The van der Waals surface area contributed by atoms with Crippen LogP contribution in [0.1, 0.15) is 0 Å². The van der Waals surface area contributed by atoms with Gasteiger partial charge in [-0.15, -0.1) is 0 Å². The van der Waals surface area contributed by atoms with Gasteiger partial charge in [-0.1, -0.05) is 51.0 Å². The summed E-state index contributed by atoms with van der Waals surface area (Å²) in [6.45, 7) is 0. The maximum atomic E-state index is 3.60. The highest BCUT2D eigenvalue weighted by atomic mass is 79.9. The molecular weight excluding hydrogens is 335 g/mol. The molecule has 0 saturated heterocycles. The van der Waals surface area contributed by atoms with Crippen LogP contribution >= 0.6 is 40.4 Å². The van der Waals surface area contributed by atoms with Crippen LogP contribution in [0.3, 0.4) is 0 Å². The number of hydrogen-bond donors (Lipinski definition) is 0. The molecule has 15 heavy (non-hydrogen) atoms. The van der Waals surface area contributed by atoms with Crippen molar-refractivity contribution >= 4 is 51.0 Å². The van der Waals surface area contributed by atoms with E-state index in [0.717, 1.165) is 8.95 Å². The molecule has 0 radical (unpaired) electrons. The predicted molar refractivity (Wildman–Crippen MR) is 75.9 cm³/mol. The number of halogens is 2. The van der Waals surface area contributed by atoms with Crippen molar-refractivity contribution in [1.82, 2.24) is 0 Å². The van der Waals surface area contributed by atoms with Crippen LogP contribution < -0.4 is 10.6 Å². The van der Waals surface area contributed by atoms with Crippen molar-refractivity contribution in [3.05, 3.63) is 57.5 Å². The van der Waals surface area contributed by atoms with E-state index in [1.807, 2.05) is 12.1 Å². The lowest BCUT2D eigenvalue weighted by Crippen LogP contribution is -2.04. The average Bonchev–Trinajstić information content (AvgIpc) is 2.26. The van der Waals surface area contributed by atoms with Gasteiger partial charge in [0.15, 0.2) is 0 Å². The molecule has 3 heteroatoms. The van der Waals surface area contributed by atoms with Crippen LogP contribution in [0.25, 0.3) is 0 Å². The number of hydrogen-bond acceptors (Lipinski definition) is 0. The van der Waals surface area contributed by atoms with Crippen LogP contribution in [0, 0.1) is 0 Å². The van der Waals surface area contributed by atoms with Crippen molar-refractivity contribution in [1.29, 1.82) is 0 Å². The van der Waals surface area contributed by atoms with Crippen molar-refractivity contribution in [3.63, 3.8) is 0 Å². The van der Waals surface area contributed by atoms with E-state index in [9.17, 15) is 0 Å². The molecule has 1 unspecified atom stereocenters. The summed E-state index contributed by atoms with van der Waals surface area (Å²) in [5, 5.41) is 2.69. The first-order valence-electron chi connectivity index (χ1n) is 4.53. The molecular formula is C12H9Br2P. The summed E-state index contributed by atoms with van der Waals surface area (Å²) in [4.78, 5) is 0. The molecule has 0 amide bonds. The first-order chi connectivity index (χ1) is 7.27. The first-order valence-corrected chi connectivity index (χ1v) is 7.12. The van der Waals surface area contributed by atoms with E-state index >= 15 is 0 Å². The van der Waals surface area contributed by atoms with Crippen LogP contribution in [-0.2, 0) is 0 Å². The Hall–Kier alpha value is -0.170. The van der Waals surface area contributed by atoms with Crippen LogP contribution in [0.4, 0.5) is 0 Å². The summed E-state index contributed by atoms with van der Waals surface area (Å²) in [5.41, 5.74) is 0. The Kier molecular flexibility index (Phi) is 3.96. The zero-order valence-corrected chi connectivity index (χ0v) is 12.0. The van der Waals surface area contributed by atoms with E-state index in [1.165, 1.54) is 10.6 Å². The maximum absolute atomic E-state index is 3.60. The topological polar surface area (TPSA) is 0 Å². The van der Waals surface area contributed by atoms with Gasteiger partial charge in [0.1, 0.15) is 0 Å². The summed E-state index contributed by atoms with van der Waals surface area (Å²) in [5.74, 6) is 0. The van der Waals surface area contributed by atoms with Crippen LogP contribution in [0.2, 0.25) is 0 Å². The molecule has 0 bridgehead atoms. The molecule has 0 spiro atoms. The fourth-order valence-electron chi connectivity index (χ4n) is 1.28. The largest absolute Gasteiger partial charge is 0.0622 e. The van der Waals surface area contributed by atoms with Gasteiger partial charge < -0.3 is 0 Å². The molecule has 2 aromatic rings. The van der Waals surface area contributed by atoms with Crippen molar-refractivity contribution in [2.24, 2.45) is 0 Å². The Morgan fingerprint density at radius 2 is 1.53 bits per heavy atom. The maximum Gasteiger partial charge on any atom is 0.0394 e. The molecule has 0 aliphatic carbocycles. The van der Waals surface area contributed by atoms with Gasteiger partial charge in [-0.3, -0.25) is 0 Å². The predicted octanol–water partition coefficient (Wildman–Crippen LogP) is 3.84. The minimum absolute atomic E-state index is 0.695. The molecule has 76 valence electrons. The smallest absolute Gasteiger partial charge is 0.0394 e. The third-order valence-electron chi connectivity index (χ3n) is 2.00. The average molecular weight is 344 g/mol. The molecule has 0 heterocycles. The lowest BCUT2D eigenvalue weighted by Gasteiger charge is -2.06. The summed E-state index contributed by atoms with van der Waals surface area (Å²) in [6.07, 6.45) is 0. The molecule has 0 nitrogen and oxygen atoms in total. The normalized spacial score (nSPS) is 11.1. The highest BCUT2D eigenvalue weighted by Crippen LogP contribution is 2.25.